The minimum absolute atomic E-state index is 0.117. The molecule has 0 radical (unpaired) electrons. The van der Waals surface area contributed by atoms with Crippen molar-refractivity contribution in [2.24, 2.45) is 0 Å². The standard InChI is InChI=1S/C13H18O2/c1-3-7-13(14-2)11-15-10-12-8-5-4-6-9-12/h3-6,8-9,13H,1,7,10-11H2,2H3. The van der Waals surface area contributed by atoms with Crippen molar-refractivity contribution in [3.63, 3.8) is 0 Å². The highest BCUT2D eigenvalue weighted by atomic mass is 16.5. The Morgan fingerprint density at radius 3 is 2.67 bits per heavy atom. The average Bonchev–Trinajstić information content (AvgIpc) is 2.29. The predicted molar refractivity (Wildman–Crippen MR) is 61.7 cm³/mol. The van der Waals surface area contributed by atoms with E-state index in [1.54, 1.807) is 7.11 Å². The molecular weight excluding hydrogens is 188 g/mol. The van der Waals surface area contributed by atoms with E-state index >= 15 is 0 Å². The van der Waals surface area contributed by atoms with Gasteiger partial charge in [0.15, 0.2) is 0 Å². The van der Waals surface area contributed by atoms with E-state index in [0.29, 0.717) is 13.2 Å². The maximum Gasteiger partial charge on any atom is 0.0839 e. The Hall–Kier alpha value is -1.12. The van der Waals surface area contributed by atoms with Crippen LogP contribution in [0.3, 0.4) is 0 Å². The lowest BCUT2D eigenvalue weighted by Gasteiger charge is -2.13. The van der Waals surface area contributed by atoms with E-state index in [4.69, 9.17) is 9.47 Å². The van der Waals surface area contributed by atoms with Crippen LogP contribution in [0.2, 0.25) is 0 Å². The van der Waals surface area contributed by atoms with Crippen molar-refractivity contribution >= 4 is 0 Å². The van der Waals surface area contributed by atoms with Gasteiger partial charge in [-0.05, 0) is 12.0 Å². The van der Waals surface area contributed by atoms with Crippen molar-refractivity contribution in [3.8, 4) is 0 Å². The fraction of sp³-hybridized carbons (Fsp3) is 0.385. The molecule has 1 unspecified atom stereocenters. The number of rotatable bonds is 7. The molecule has 0 heterocycles. The Balaban J connectivity index is 2.23. The molecule has 82 valence electrons. The van der Waals surface area contributed by atoms with Crippen molar-refractivity contribution in [3.05, 3.63) is 48.6 Å². The van der Waals surface area contributed by atoms with E-state index in [1.807, 2.05) is 24.3 Å². The Bertz CT molecular complexity index is 269. The van der Waals surface area contributed by atoms with Gasteiger partial charge in [0.05, 0.1) is 19.3 Å². The quantitative estimate of drug-likeness (QED) is 0.639. The summed E-state index contributed by atoms with van der Waals surface area (Å²) in [5, 5.41) is 0. The number of ether oxygens (including phenoxy) is 2. The molecule has 0 spiro atoms. The molecule has 1 atom stereocenters. The zero-order chi connectivity index (χ0) is 10.9. The molecule has 0 aliphatic carbocycles. The highest BCUT2D eigenvalue weighted by Gasteiger charge is 2.04. The summed E-state index contributed by atoms with van der Waals surface area (Å²) in [5.74, 6) is 0. The van der Waals surface area contributed by atoms with Crippen LogP contribution < -0.4 is 0 Å². The summed E-state index contributed by atoms with van der Waals surface area (Å²) in [6, 6.07) is 10.1. The lowest BCUT2D eigenvalue weighted by molar-refractivity contribution is 0.00386. The third-order valence-corrected chi connectivity index (χ3v) is 2.18. The van der Waals surface area contributed by atoms with Crippen molar-refractivity contribution < 1.29 is 9.47 Å². The number of methoxy groups -OCH3 is 1. The lowest BCUT2D eigenvalue weighted by atomic mass is 10.2. The molecule has 2 nitrogen and oxygen atoms in total. The van der Waals surface area contributed by atoms with Gasteiger partial charge in [0.1, 0.15) is 0 Å². The van der Waals surface area contributed by atoms with Gasteiger partial charge in [-0.25, -0.2) is 0 Å². The maximum absolute atomic E-state index is 5.55. The molecule has 0 saturated carbocycles. The topological polar surface area (TPSA) is 18.5 Å². The molecule has 0 amide bonds. The monoisotopic (exact) mass is 206 g/mol. The van der Waals surface area contributed by atoms with Crippen molar-refractivity contribution in [1.29, 1.82) is 0 Å². The molecule has 2 heteroatoms. The minimum Gasteiger partial charge on any atom is -0.379 e. The molecule has 0 fully saturated rings. The summed E-state index contributed by atoms with van der Waals surface area (Å²) < 4.78 is 10.8. The van der Waals surface area contributed by atoms with Crippen LogP contribution in [-0.2, 0) is 16.1 Å². The SMILES string of the molecule is C=CCC(COCc1ccccc1)OC. The third kappa shape index (κ3) is 4.77. The van der Waals surface area contributed by atoms with Gasteiger partial charge in [0, 0.05) is 7.11 Å². The predicted octanol–water partition coefficient (Wildman–Crippen LogP) is 2.79. The zero-order valence-corrected chi connectivity index (χ0v) is 9.19. The lowest BCUT2D eigenvalue weighted by Crippen LogP contribution is -2.17. The summed E-state index contributed by atoms with van der Waals surface area (Å²) in [5.41, 5.74) is 1.19. The minimum atomic E-state index is 0.117. The smallest absolute Gasteiger partial charge is 0.0839 e. The molecule has 0 aliphatic heterocycles. The summed E-state index contributed by atoms with van der Waals surface area (Å²) >= 11 is 0. The zero-order valence-electron chi connectivity index (χ0n) is 9.19. The van der Waals surface area contributed by atoms with Gasteiger partial charge in [0.25, 0.3) is 0 Å². The highest BCUT2D eigenvalue weighted by Crippen LogP contribution is 2.03. The first-order chi connectivity index (χ1) is 7.36. The molecule has 0 bridgehead atoms. The Labute approximate surface area is 91.5 Å². The first-order valence-electron chi connectivity index (χ1n) is 5.12. The molecular formula is C13H18O2. The molecule has 1 aromatic carbocycles. The largest absolute Gasteiger partial charge is 0.379 e. The van der Waals surface area contributed by atoms with Crippen molar-refractivity contribution in [2.45, 2.75) is 19.1 Å². The van der Waals surface area contributed by atoms with E-state index in [0.717, 1.165) is 6.42 Å². The molecule has 1 rings (SSSR count). The number of benzene rings is 1. The molecule has 1 aromatic rings. The van der Waals surface area contributed by atoms with E-state index in [1.165, 1.54) is 5.56 Å². The Kier molecular flexibility index (Phi) is 5.74. The van der Waals surface area contributed by atoms with E-state index in [-0.39, 0.29) is 6.10 Å². The van der Waals surface area contributed by atoms with Gasteiger partial charge < -0.3 is 9.47 Å². The van der Waals surface area contributed by atoms with Crippen molar-refractivity contribution in [2.75, 3.05) is 13.7 Å². The van der Waals surface area contributed by atoms with Crippen LogP contribution in [0.4, 0.5) is 0 Å². The average molecular weight is 206 g/mol. The summed E-state index contributed by atoms with van der Waals surface area (Å²) in [6.45, 7) is 4.92. The second-order valence-electron chi connectivity index (χ2n) is 3.38. The first kappa shape index (κ1) is 12.0. The molecule has 0 aliphatic rings. The molecule has 0 aromatic heterocycles. The van der Waals surface area contributed by atoms with Gasteiger partial charge >= 0.3 is 0 Å². The Morgan fingerprint density at radius 1 is 1.33 bits per heavy atom. The summed E-state index contributed by atoms with van der Waals surface area (Å²) in [6.07, 6.45) is 2.79. The molecule has 0 N–H and O–H groups in total. The van der Waals surface area contributed by atoms with Crippen LogP contribution in [0.25, 0.3) is 0 Å². The van der Waals surface area contributed by atoms with Gasteiger partial charge in [-0.3, -0.25) is 0 Å². The van der Waals surface area contributed by atoms with Crippen LogP contribution in [0.15, 0.2) is 43.0 Å². The van der Waals surface area contributed by atoms with E-state index in [2.05, 4.69) is 18.7 Å². The van der Waals surface area contributed by atoms with Crippen LogP contribution in [0, 0.1) is 0 Å². The maximum atomic E-state index is 5.55. The third-order valence-electron chi connectivity index (χ3n) is 2.18. The second kappa shape index (κ2) is 7.21. The molecule has 0 saturated heterocycles. The van der Waals surface area contributed by atoms with Crippen molar-refractivity contribution in [1.82, 2.24) is 0 Å². The van der Waals surface area contributed by atoms with Gasteiger partial charge in [0.2, 0.25) is 0 Å². The summed E-state index contributed by atoms with van der Waals surface area (Å²) in [7, 11) is 1.69. The second-order valence-corrected chi connectivity index (χ2v) is 3.38. The van der Waals surface area contributed by atoms with Crippen LogP contribution in [0.1, 0.15) is 12.0 Å². The Morgan fingerprint density at radius 2 is 2.07 bits per heavy atom. The highest BCUT2D eigenvalue weighted by molar-refractivity contribution is 5.13. The van der Waals surface area contributed by atoms with Gasteiger partial charge in [-0.15, -0.1) is 6.58 Å². The number of hydrogen-bond donors (Lipinski definition) is 0. The first-order valence-corrected chi connectivity index (χ1v) is 5.12. The van der Waals surface area contributed by atoms with Crippen LogP contribution in [0.5, 0.6) is 0 Å². The normalized spacial score (nSPS) is 12.3. The fourth-order valence-corrected chi connectivity index (χ4v) is 1.30. The number of hydrogen-bond acceptors (Lipinski definition) is 2. The fourth-order valence-electron chi connectivity index (χ4n) is 1.30. The van der Waals surface area contributed by atoms with E-state index < -0.39 is 0 Å². The van der Waals surface area contributed by atoms with Crippen LogP contribution >= 0.6 is 0 Å². The summed E-state index contributed by atoms with van der Waals surface area (Å²) in [4.78, 5) is 0. The van der Waals surface area contributed by atoms with Gasteiger partial charge in [-0.2, -0.15) is 0 Å². The van der Waals surface area contributed by atoms with E-state index in [9.17, 15) is 0 Å². The van der Waals surface area contributed by atoms with Gasteiger partial charge in [-0.1, -0.05) is 36.4 Å². The molecule has 15 heavy (non-hydrogen) atoms. The van der Waals surface area contributed by atoms with Crippen LogP contribution in [-0.4, -0.2) is 19.8 Å².